The Kier molecular flexibility index (Phi) is 2.92. The van der Waals surface area contributed by atoms with Crippen molar-refractivity contribution < 1.29 is 14.3 Å². The van der Waals surface area contributed by atoms with Gasteiger partial charge in [-0.25, -0.2) is 4.98 Å². The van der Waals surface area contributed by atoms with Crippen LogP contribution in [-0.2, 0) is 11.2 Å². The maximum Gasteiger partial charge on any atom is 0.309 e. The summed E-state index contributed by atoms with van der Waals surface area (Å²) < 4.78 is 5.17. The van der Waals surface area contributed by atoms with Crippen molar-refractivity contribution in [1.29, 1.82) is 0 Å². The van der Waals surface area contributed by atoms with Crippen LogP contribution in [0.5, 0.6) is 0 Å². The molecular formula is C11H8ClNO3. The van der Waals surface area contributed by atoms with Gasteiger partial charge in [0.05, 0.1) is 12.1 Å². The molecule has 2 aromatic rings. The number of oxazole rings is 1. The van der Waals surface area contributed by atoms with Gasteiger partial charge < -0.3 is 9.52 Å². The number of aliphatic carboxylic acids is 1. The van der Waals surface area contributed by atoms with E-state index in [9.17, 15) is 4.79 Å². The van der Waals surface area contributed by atoms with E-state index in [0.717, 1.165) is 5.56 Å². The topological polar surface area (TPSA) is 63.3 Å². The lowest BCUT2D eigenvalue weighted by Crippen LogP contribution is -1.99. The van der Waals surface area contributed by atoms with Gasteiger partial charge in [0.25, 0.3) is 0 Å². The molecule has 1 N–H and O–H groups in total. The second kappa shape index (κ2) is 4.37. The second-order valence-electron chi connectivity index (χ2n) is 3.22. The number of carboxylic acid groups (broad SMARTS) is 1. The van der Waals surface area contributed by atoms with Gasteiger partial charge in [0, 0.05) is 10.6 Å². The molecule has 0 saturated carbocycles. The summed E-state index contributed by atoms with van der Waals surface area (Å²) in [5, 5.41) is 9.17. The van der Waals surface area contributed by atoms with Crippen LogP contribution < -0.4 is 0 Å². The summed E-state index contributed by atoms with van der Waals surface area (Å²) >= 11 is 5.82. The molecule has 1 aromatic carbocycles. The van der Waals surface area contributed by atoms with E-state index in [2.05, 4.69) is 4.98 Å². The minimum atomic E-state index is -0.939. The first-order chi connectivity index (χ1) is 7.65. The summed E-state index contributed by atoms with van der Waals surface area (Å²) in [5.74, 6) is -0.565. The molecule has 0 fully saturated rings. The maximum absolute atomic E-state index is 10.5. The number of hydrogen-bond donors (Lipinski definition) is 1. The van der Waals surface area contributed by atoms with Crippen molar-refractivity contribution in [1.82, 2.24) is 4.98 Å². The Morgan fingerprint density at radius 1 is 1.50 bits per heavy atom. The summed E-state index contributed by atoms with van der Waals surface area (Å²) in [5.41, 5.74) is 1.12. The van der Waals surface area contributed by atoms with Crippen molar-refractivity contribution in [2.75, 3.05) is 0 Å². The van der Waals surface area contributed by atoms with Gasteiger partial charge in [0.15, 0.2) is 0 Å². The van der Waals surface area contributed by atoms with Gasteiger partial charge in [-0.3, -0.25) is 4.79 Å². The van der Waals surface area contributed by atoms with Crippen LogP contribution in [0, 0.1) is 0 Å². The average Bonchev–Trinajstić information content (AvgIpc) is 2.65. The van der Waals surface area contributed by atoms with Gasteiger partial charge in [-0.2, -0.15) is 0 Å². The van der Waals surface area contributed by atoms with Crippen molar-refractivity contribution in [2.24, 2.45) is 0 Å². The maximum atomic E-state index is 10.5. The standard InChI is InChI=1S/C11H8ClNO3/c12-8-3-1-2-7(4-8)11-13-9(6-16-11)5-10(14)15/h1-4,6H,5H2,(H,14,15). The second-order valence-corrected chi connectivity index (χ2v) is 3.66. The molecule has 0 aliphatic carbocycles. The molecule has 0 saturated heterocycles. The zero-order valence-corrected chi connectivity index (χ0v) is 8.94. The predicted octanol–water partition coefficient (Wildman–Crippen LogP) is 2.62. The fourth-order valence-electron chi connectivity index (χ4n) is 1.30. The molecule has 0 aliphatic heterocycles. The minimum absolute atomic E-state index is 0.149. The minimum Gasteiger partial charge on any atom is -0.481 e. The molecule has 2 rings (SSSR count). The normalized spacial score (nSPS) is 10.3. The summed E-state index contributed by atoms with van der Waals surface area (Å²) in [6, 6.07) is 7.02. The molecule has 0 aliphatic rings. The van der Waals surface area contributed by atoms with E-state index >= 15 is 0 Å². The first-order valence-corrected chi connectivity index (χ1v) is 4.95. The Bertz CT molecular complexity index is 521. The van der Waals surface area contributed by atoms with Crippen molar-refractivity contribution in [3.63, 3.8) is 0 Å². The molecule has 0 atom stereocenters. The number of aromatic nitrogens is 1. The summed E-state index contributed by atoms with van der Waals surface area (Å²) in [7, 11) is 0. The largest absolute Gasteiger partial charge is 0.481 e. The lowest BCUT2D eigenvalue weighted by Gasteiger charge is -1.94. The third-order valence-corrected chi connectivity index (χ3v) is 2.19. The number of hydrogen-bond acceptors (Lipinski definition) is 3. The zero-order chi connectivity index (χ0) is 11.5. The first kappa shape index (κ1) is 10.7. The molecule has 0 radical (unpaired) electrons. The molecular weight excluding hydrogens is 230 g/mol. The van der Waals surface area contributed by atoms with Crippen LogP contribution in [0.15, 0.2) is 34.9 Å². The number of halogens is 1. The van der Waals surface area contributed by atoms with Gasteiger partial charge in [0.1, 0.15) is 6.26 Å². The van der Waals surface area contributed by atoms with Gasteiger partial charge in [-0.15, -0.1) is 0 Å². The van der Waals surface area contributed by atoms with Crippen molar-refractivity contribution in [3.8, 4) is 11.5 Å². The van der Waals surface area contributed by atoms with Crippen LogP contribution in [0.3, 0.4) is 0 Å². The quantitative estimate of drug-likeness (QED) is 0.891. The Balaban J connectivity index is 2.28. The summed E-state index contributed by atoms with van der Waals surface area (Å²) in [4.78, 5) is 14.5. The summed E-state index contributed by atoms with van der Waals surface area (Å²) in [6.07, 6.45) is 1.19. The lowest BCUT2D eigenvalue weighted by atomic mass is 10.2. The molecule has 16 heavy (non-hydrogen) atoms. The number of carbonyl (C=O) groups is 1. The van der Waals surface area contributed by atoms with Crippen molar-refractivity contribution in [2.45, 2.75) is 6.42 Å². The Labute approximate surface area is 96.5 Å². The molecule has 1 heterocycles. The van der Waals surface area contributed by atoms with Crippen LogP contribution in [0.25, 0.3) is 11.5 Å². The van der Waals surface area contributed by atoms with E-state index in [1.54, 1.807) is 24.3 Å². The SMILES string of the molecule is O=C(O)Cc1coc(-c2cccc(Cl)c2)n1. The number of nitrogens with zero attached hydrogens (tertiary/aromatic N) is 1. The molecule has 82 valence electrons. The zero-order valence-electron chi connectivity index (χ0n) is 8.18. The van der Waals surface area contributed by atoms with Crippen LogP contribution in [-0.4, -0.2) is 16.1 Å². The van der Waals surface area contributed by atoms with Gasteiger partial charge >= 0.3 is 5.97 Å². The number of benzene rings is 1. The highest BCUT2D eigenvalue weighted by atomic mass is 35.5. The van der Waals surface area contributed by atoms with Crippen LogP contribution in [0.1, 0.15) is 5.69 Å². The molecule has 5 heteroatoms. The molecule has 4 nitrogen and oxygen atoms in total. The van der Waals surface area contributed by atoms with E-state index in [0.29, 0.717) is 16.6 Å². The fraction of sp³-hybridized carbons (Fsp3) is 0.0909. The highest BCUT2D eigenvalue weighted by Crippen LogP contribution is 2.22. The van der Waals surface area contributed by atoms with Crippen LogP contribution in [0.4, 0.5) is 0 Å². The van der Waals surface area contributed by atoms with Crippen molar-refractivity contribution >= 4 is 17.6 Å². The van der Waals surface area contributed by atoms with Gasteiger partial charge in [-0.1, -0.05) is 17.7 Å². The van der Waals surface area contributed by atoms with E-state index in [-0.39, 0.29) is 6.42 Å². The third-order valence-electron chi connectivity index (χ3n) is 1.96. The Morgan fingerprint density at radius 2 is 2.31 bits per heavy atom. The fourth-order valence-corrected chi connectivity index (χ4v) is 1.49. The number of carboxylic acids is 1. The van der Waals surface area contributed by atoms with Crippen LogP contribution in [0.2, 0.25) is 5.02 Å². The van der Waals surface area contributed by atoms with Gasteiger partial charge in [0.2, 0.25) is 5.89 Å². The number of rotatable bonds is 3. The first-order valence-electron chi connectivity index (χ1n) is 4.57. The van der Waals surface area contributed by atoms with E-state index in [4.69, 9.17) is 21.1 Å². The Hall–Kier alpha value is -1.81. The van der Waals surface area contributed by atoms with Crippen molar-refractivity contribution in [3.05, 3.63) is 41.2 Å². The Morgan fingerprint density at radius 3 is 3.00 bits per heavy atom. The van der Waals surface area contributed by atoms with E-state index in [1.165, 1.54) is 6.26 Å². The lowest BCUT2D eigenvalue weighted by molar-refractivity contribution is -0.136. The molecule has 0 bridgehead atoms. The monoisotopic (exact) mass is 237 g/mol. The third kappa shape index (κ3) is 2.41. The molecule has 1 aromatic heterocycles. The molecule has 0 amide bonds. The smallest absolute Gasteiger partial charge is 0.309 e. The highest BCUT2D eigenvalue weighted by Gasteiger charge is 2.09. The average molecular weight is 238 g/mol. The van der Waals surface area contributed by atoms with E-state index in [1.807, 2.05) is 0 Å². The van der Waals surface area contributed by atoms with Gasteiger partial charge in [-0.05, 0) is 18.2 Å². The van der Waals surface area contributed by atoms with E-state index < -0.39 is 5.97 Å². The molecule has 0 unspecified atom stereocenters. The molecule has 0 spiro atoms. The summed E-state index contributed by atoms with van der Waals surface area (Å²) in [6.45, 7) is 0. The highest BCUT2D eigenvalue weighted by molar-refractivity contribution is 6.30. The van der Waals surface area contributed by atoms with Crippen LogP contribution >= 0.6 is 11.6 Å². The predicted molar refractivity (Wildman–Crippen MR) is 58.3 cm³/mol.